The van der Waals surface area contributed by atoms with Crippen LogP contribution in [0.5, 0.6) is 0 Å². The SMILES string of the molecule is Cc1ccc(NS(=O)(=O)c2cnc(NN)c(Cl)c2)c(Cl)c1. The molecule has 0 unspecified atom stereocenters. The second-order valence-corrected chi connectivity index (χ2v) is 6.73. The monoisotopic (exact) mass is 346 g/mol. The normalized spacial score (nSPS) is 11.2. The molecule has 0 radical (unpaired) electrons. The first-order chi connectivity index (χ1) is 9.83. The van der Waals surface area contributed by atoms with Crippen molar-refractivity contribution in [3.05, 3.63) is 46.1 Å². The standard InChI is InChI=1S/C12H12Cl2N4O2S/c1-7-2-3-11(9(13)4-7)18-21(19,20)8-5-10(14)12(17-15)16-6-8/h2-6,18H,15H2,1H3,(H,16,17). The second-order valence-electron chi connectivity index (χ2n) is 4.23. The quantitative estimate of drug-likeness (QED) is 0.584. The first kappa shape index (κ1) is 15.8. The number of rotatable bonds is 4. The minimum Gasteiger partial charge on any atom is -0.307 e. The van der Waals surface area contributed by atoms with Gasteiger partial charge in [-0.1, -0.05) is 29.3 Å². The second kappa shape index (κ2) is 6.07. The van der Waals surface area contributed by atoms with Crippen LogP contribution in [0.2, 0.25) is 10.0 Å². The van der Waals surface area contributed by atoms with E-state index in [0.29, 0.717) is 5.02 Å². The van der Waals surface area contributed by atoms with Gasteiger partial charge < -0.3 is 5.43 Å². The van der Waals surface area contributed by atoms with E-state index >= 15 is 0 Å². The number of hydrogen-bond donors (Lipinski definition) is 3. The van der Waals surface area contributed by atoms with E-state index in [4.69, 9.17) is 29.0 Å². The van der Waals surface area contributed by atoms with Crippen molar-refractivity contribution in [1.29, 1.82) is 0 Å². The molecule has 0 aliphatic rings. The molecule has 2 rings (SSSR count). The predicted octanol–water partition coefficient (Wildman–Crippen LogP) is 2.78. The van der Waals surface area contributed by atoms with Crippen molar-refractivity contribution in [3.63, 3.8) is 0 Å². The zero-order chi connectivity index (χ0) is 15.6. The van der Waals surface area contributed by atoms with Crippen LogP contribution in [-0.4, -0.2) is 13.4 Å². The van der Waals surface area contributed by atoms with Gasteiger partial charge in [0.2, 0.25) is 0 Å². The molecule has 1 aromatic carbocycles. The van der Waals surface area contributed by atoms with Gasteiger partial charge in [0.1, 0.15) is 4.90 Å². The summed E-state index contributed by atoms with van der Waals surface area (Å²) in [7, 11) is -3.85. The number of aryl methyl sites for hydroxylation is 1. The molecular weight excluding hydrogens is 335 g/mol. The van der Waals surface area contributed by atoms with Crippen molar-refractivity contribution in [2.75, 3.05) is 10.1 Å². The van der Waals surface area contributed by atoms with Crippen LogP contribution in [0, 0.1) is 6.92 Å². The van der Waals surface area contributed by atoms with Crippen LogP contribution >= 0.6 is 23.2 Å². The Bertz CT molecular complexity index is 781. The van der Waals surface area contributed by atoms with Crippen LogP contribution in [0.1, 0.15) is 5.56 Å². The molecule has 21 heavy (non-hydrogen) atoms. The van der Waals surface area contributed by atoms with Gasteiger partial charge in [-0.2, -0.15) is 0 Å². The molecule has 0 aliphatic carbocycles. The lowest BCUT2D eigenvalue weighted by Crippen LogP contribution is -2.15. The van der Waals surface area contributed by atoms with E-state index in [2.05, 4.69) is 15.1 Å². The highest BCUT2D eigenvalue weighted by Gasteiger charge is 2.18. The Kier molecular flexibility index (Phi) is 4.58. The molecular formula is C12H12Cl2N4O2S. The van der Waals surface area contributed by atoms with Crippen molar-refractivity contribution >= 4 is 44.7 Å². The van der Waals surface area contributed by atoms with Gasteiger partial charge in [0, 0.05) is 6.20 Å². The zero-order valence-corrected chi connectivity index (χ0v) is 13.2. The van der Waals surface area contributed by atoms with E-state index in [-0.39, 0.29) is 21.4 Å². The van der Waals surface area contributed by atoms with Crippen LogP contribution in [0.25, 0.3) is 0 Å². The number of nitrogens with one attached hydrogen (secondary N) is 2. The smallest absolute Gasteiger partial charge is 0.263 e. The van der Waals surface area contributed by atoms with Crippen molar-refractivity contribution in [3.8, 4) is 0 Å². The van der Waals surface area contributed by atoms with Gasteiger partial charge in [-0.05, 0) is 30.7 Å². The molecule has 0 amide bonds. The minimum atomic E-state index is -3.85. The Morgan fingerprint density at radius 3 is 2.48 bits per heavy atom. The van der Waals surface area contributed by atoms with Crippen LogP contribution in [0.15, 0.2) is 35.4 Å². The fraction of sp³-hybridized carbons (Fsp3) is 0.0833. The summed E-state index contributed by atoms with van der Waals surface area (Å²) < 4.78 is 26.9. The molecule has 0 spiro atoms. The molecule has 0 fully saturated rings. The molecule has 2 aromatic rings. The summed E-state index contributed by atoms with van der Waals surface area (Å²) in [5.74, 6) is 5.37. The predicted molar refractivity (Wildman–Crippen MR) is 84.1 cm³/mol. The molecule has 1 aromatic heterocycles. The number of aromatic nitrogens is 1. The summed E-state index contributed by atoms with van der Waals surface area (Å²) in [6.45, 7) is 1.85. The third-order valence-electron chi connectivity index (χ3n) is 2.63. The number of sulfonamides is 1. The fourth-order valence-corrected chi connectivity index (χ4v) is 3.25. The van der Waals surface area contributed by atoms with Crippen LogP contribution in [-0.2, 0) is 10.0 Å². The van der Waals surface area contributed by atoms with E-state index in [1.165, 1.54) is 6.07 Å². The zero-order valence-electron chi connectivity index (χ0n) is 10.9. The number of halogens is 2. The summed E-state index contributed by atoms with van der Waals surface area (Å²) >= 11 is 11.9. The molecule has 1 heterocycles. The van der Waals surface area contributed by atoms with E-state index < -0.39 is 10.0 Å². The van der Waals surface area contributed by atoms with Gasteiger partial charge in [0.15, 0.2) is 5.82 Å². The topological polar surface area (TPSA) is 97.1 Å². The molecule has 112 valence electrons. The van der Waals surface area contributed by atoms with E-state index in [9.17, 15) is 8.42 Å². The number of nitrogen functional groups attached to an aromatic ring is 1. The number of hydrazine groups is 1. The molecule has 0 atom stereocenters. The lowest BCUT2D eigenvalue weighted by Gasteiger charge is -2.11. The molecule has 4 N–H and O–H groups in total. The van der Waals surface area contributed by atoms with Crippen molar-refractivity contribution < 1.29 is 8.42 Å². The molecule has 6 nitrogen and oxygen atoms in total. The Morgan fingerprint density at radius 2 is 1.90 bits per heavy atom. The number of hydrogen-bond acceptors (Lipinski definition) is 5. The van der Waals surface area contributed by atoms with Crippen LogP contribution in [0.4, 0.5) is 11.5 Å². The summed E-state index contributed by atoms with van der Waals surface area (Å²) in [4.78, 5) is 3.73. The Hall–Kier alpha value is -1.54. The van der Waals surface area contributed by atoms with Gasteiger partial charge in [0.25, 0.3) is 10.0 Å². The first-order valence-corrected chi connectivity index (χ1v) is 7.98. The van der Waals surface area contributed by atoms with Gasteiger partial charge in [-0.25, -0.2) is 19.2 Å². The summed E-state index contributed by atoms with van der Waals surface area (Å²) in [6, 6.07) is 6.23. The lowest BCUT2D eigenvalue weighted by molar-refractivity contribution is 0.601. The number of nitrogens with two attached hydrogens (primary N) is 1. The van der Waals surface area contributed by atoms with Crippen molar-refractivity contribution in [2.24, 2.45) is 5.84 Å². The number of anilines is 2. The Morgan fingerprint density at radius 1 is 1.19 bits per heavy atom. The molecule has 9 heteroatoms. The highest BCUT2D eigenvalue weighted by molar-refractivity contribution is 7.92. The van der Waals surface area contributed by atoms with Gasteiger partial charge in [-0.3, -0.25) is 4.72 Å². The van der Waals surface area contributed by atoms with Gasteiger partial charge in [0.05, 0.1) is 15.7 Å². The molecule has 0 saturated heterocycles. The fourth-order valence-electron chi connectivity index (χ4n) is 1.58. The molecule has 0 saturated carbocycles. The molecule has 0 aliphatic heterocycles. The third kappa shape index (κ3) is 3.56. The third-order valence-corrected chi connectivity index (χ3v) is 4.57. The van der Waals surface area contributed by atoms with Crippen LogP contribution in [0.3, 0.4) is 0 Å². The highest BCUT2D eigenvalue weighted by Crippen LogP contribution is 2.27. The molecule has 0 bridgehead atoms. The maximum absolute atomic E-state index is 12.3. The van der Waals surface area contributed by atoms with E-state index in [1.54, 1.807) is 18.2 Å². The first-order valence-electron chi connectivity index (χ1n) is 5.74. The average Bonchev–Trinajstić information content (AvgIpc) is 2.42. The average molecular weight is 347 g/mol. The summed E-state index contributed by atoms with van der Waals surface area (Å²) in [5.41, 5.74) is 3.46. The lowest BCUT2D eigenvalue weighted by atomic mass is 10.2. The Labute approximate surface area is 132 Å². The van der Waals surface area contributed by atoms with Gasteiger partial charge in [-0.15, -0.1) is 0 Å². The largest absolute Gasteiger partial charge is 0.307 e. The van der Waals surface area contributed by atoms with Crippen molar-refractivity contribution in [2.45, 2.75) is 11.8 Å². The van der Waals surface area contributed by atoms with E-state index in [1.807, 2.05) is 6.92 Å². The van der Waals surface area contributed by atoms with Gasteiger partial charge >= 0.3 is 0 Å². The van der Waals surface area contributed by atoms with E-state index in [0.717, 1.165) is 11.8 Å². The van der Waals surface area contributed by atoms with Crippen molar-refractivity contribution in [1.82, 2.24) is 4.98 Å². The van der Waals surface area contributed by atoms with Crippen LogP contribution < -0.4 is 16.0 Å². The number of benzene rings is 1. The summed E-state index contributed by atoms with van der Waals surface area (Å²) in [6.07, 6.45) is 1.14. The summed E-state index contributed by atoms with van der Waals surface area (Å²) in [5, 5.41) is 0.397. The highest BCUT2D eigenvalue weighted by atomic mass is 35.5. The minimum absolute atomic E-state index is 0.0929. The maximum atomic E-state index is 12.3. The number of nitrogens with zero attached hydrogens (tertiary/aromatic N) is 1. The Balaban J connectivity index is 2.36. The maximum Gasteiger partial charge on any atom is 0.263 e. The number of pyridine rings is 1.